The zero-order chi connectivity index (χ0) is 21.3. The maximum atomic E-state index is 13.1. The second-order valence-corrected chi connectivity index (χ2v) is 9.83. The molecule has 0 radical (unpaired) electrons. The fraction of sp³-hybridized carbons (Fsp3) is 0.409. The van der Waals surface area contributed by atoms with E-state index in [1.807, 2.05) is 48.2 Å². The Morgan fingerprint density at radius 1 is 1.17 bits per heavy atom. The van der Waals surface area contributed by atoms with Gasteiger partial charge in [0.25, 0.3) is 0 Å². The van der Waals surface area contributed by atoms with E-state index in [1.165, 1.54) is 4.31 Å². The molecule has 30 heavy (non-hydrogen) atoms. The molecule has 7 nitrogen and oxygen atoms in total. The van der Waals surface area contributed by atoms with E-state index in [0.717, 1.165) is 23.4 Å². The number of carbonyl (C=O) groups is 1. The van der Waals surface area contributed by atoms with Crippen LogP contribution < -0.4 is 14.4 Å². The molecule has 8 heteroatoms. The summed E-state index contributed by atoms with van der Waals surface area (Å²) in [5, 5.41) is 2.40. The third-order valence-electron chi connectivity index (χ3n) is 5.81. The molecule has 1 atom stereocenters. The van der Waals surface area contributed by atoms with E-state index < -0.39 is 21.3 Å². The molecule has 2 aliphatic rings. The first-order valence-electron chi connectivity index (χ1n) is 10.3. The van der Waals surface area contributed by atoms with Crippen LogP contribution in [0.2, 0.25) is 0 Å². The van der Waals surface area contributed by atoms with Crippen LogP contribution in [-0.2, 0) is 21.2 Å². The molecule has 1 fully saturated rings. The molecule has 4 rings (SSSR count). The zero-order valence-electron chi connectivity index (χ0n) is 17.2. The summed E-state index contributed by atoms with van der Waals surface area (Å²) in [6, 6.07) is 14.4. The number of para-hydroxylation sites is 1. The summed E-state index contributed by atoms with van der Waals surface area (Å²) < 4.78 is 33.1. The van der Waals surface area contributed by atoms with Gasteiger partial charge in [0.05, 0.1) is 18.3 Å². The maximum absolute atomic E-state index is 13.1. The van der Waals surface area contributed by atoms with Crippen LogP contribution in [-0.4, -0.2) is 56.8 Å². The monoisotopic (exact) mass is 429 g/mol. The van der Waals surface area contributed by atoms with Crippen molar-refractivity contribution in [2.24, 2.45) is 0 Å². The molecule has 1 saturated heterocycles. The number of likely N-dealkylation sites (tertiary alicyclic amines) is 1. The number of hydrogen-bond donors (Lipinski definition) is 1. The minimum atomic E-state index is -3.43. The highest BCUT2D eigenvalue weighted by Gasteiger charge is 2.45. The van der Waals surface area contributed by atoms with Gasteiger partial charge in [0.1, 0.15) is 11.0 Å². The van der Waals surface area contributed by atoms with Gasteiger partial charge in [-0.1, -0.05) is 18.2 Å². The number of sulfonamides is 1. The topological polar surface area (TPSA) is 79.0 Å². The molecule has 0 aliphatic carbocycles. The molecule has 0 saturated carbocycles. The molecule has 160 valence electrons. The van der Waals surface area contributed by atoms with Gasteiger partial charge in [0.2, 0.25) is 15.9 Å². The zero-order valence-corrected chi connectivity index (χ0v) is 18.1. The molecular weight excluding hydrogens is 402 g/mol. The lowest BCUT2D eigenvalue weighted by atomic mass is 10.1. The van der Waals surface area contributed by atoms with Crippen molar-refractivity contribution in [1.82, 2.24) is 4.90 Å². The van der Waals surface area contributed by atoms with Gasteiger partial charge < -0.3 is 10.1 Å². The van der Waals surface area contributed by atoms with Crippen molar-refractivity contribution in [2.75, 3.05) is 35.9 Å². The maximum Gasteiger partial charge on any atom is 0.241 e. The predicted octanol–water partition coefficient (Wildman–Crippen LogP) is 2.49. The summed E-state index contributed by atoms with van der Waals surface area (Å²) in [5.41, 5.74) is 2.55. The fourth-order valence-electron chi connectivity index (χ4n) is 3.94. The normalized spacial score (nSPS) is 17.9. The van der Waals surface area contributed by atoms with Crippen molar-refractivity contribution >= 4 is 27.3 Å². The molecule has 1 amide bonds. The summed E-state index contributed by atoms with van der Waals surface area (Å²) in [6.45, 7) is 5.52. The Labute approximate surface area is 177 Å². The molecule has 2 aliphatic heterocycles. The first kappa shape index (κ1) is 20.7. The van der Waals surface area contributed by atoms with E-state index >= 15 is 0 Å². The number of fused-ring (bicyclic) bond motifs is 1. The number of benzene rings is 2. The standard InChI is InChI=1S/C22H27N3O4S/c1-3-29-19-10-8-18(9-11-19)23-22(26)16(2)24-14-20(15-24)30(27,28)25-13-12-17-6-4-5-7-21(17)25/h4-11,16,20H,3,12-15H2,1-2H3,(H,23,26)/t16-/m1/s1. The highest BCUT2D eigenvalue weighted by molar-refractivity contribution is 7.93. The van der Waals surface area contributed by atoms with Gasteiger partial charge in [0.15, 0.2) is 0 Å². The van der Waals surface area contributed by atoms with Crippen LogP contribution in [0.1, 0.15) is 19.4 Å². The molecule has 2 aromatic carbocycles. The second kappa shape index (κ2) is 8.28. The molecule has 1 N–H and O–H groups in total. The van der Waals surface area contributed by atoms with Crippen molar-refractivity contribution in [1.29, 1.82) is 0 Å². The highest BCUT2D eigenvalue weighted by Crippen LogP contribution is 2.33. The Morgan fingerprint density at radius 2 is 1.87 bits per heavy atom. The van der Waals surface area contributed by atoms with Crippen molar-refractivity contribution < 1.29 is 17.9 Å². The van der Waals surface area contributed by atoms with Crippen LogP contribution in [0.4, 0.5) is 11.4 Å². The van der Waals surface area contributed by atoms with Gasteiger partial charge >= 0.3 is 0 Å². The van der Waals surface area contributed by atoms with E-state index in [-0.39, 0.29) is 5.91 Å². The average molecular weight is 430 g/mol. The molecular formula is C22H27N3O4S. The largest absolute Gasteiger partial charge is 0.494 e. The molecule has 2 heterocycles. The van der Waals surface area contributed by atoms with Crippen LogP contribution in [0.15, 0.2) is 48.5 Å². The SMILES string of the molecule is CCOc1ccc(NC(=O)[C@@H](C)N2CC(S(=O)(=O)N3CCc4ccccc43)C2)cc1. The number of hydrogen-bond acceptors (Lipinski definition) is 5. The van der Waals surface area contributed by atoms with Crippen LogP contribution in [0.3, 0.4) is 0 Å². The number of nitrogens with zero attached hydrogens (tertiary/aromatic N) is 2. The fourth-order valence-corrected chi connectivity index (χ4v) is 5.86. The number of carbonyl (C=O) groups excluding carboxylic acids is 1. The van der Waals surface area contributed by atoms with Crippen molar-refractivity contribution in [3.05, 3.63) is 54.1 Å². The Bertz CT molecular complexity index is 1020. The first-order valence-corrected chi connectivity index (χ1v) is 11.8. The van der Waals surface area contributed by atoms with Crippen molar-refractivity contribution in [3.8, 4) is 5.75 Å². The summed E-state index contributed by atoms with van der Waals surface area (Å²) in [7, 11) is -3.43. The number of rotatable bonds is 7. The number of nitrogens with one attached hydrogen (secondary N) is 1. The first-order chi connectivity index (χ1) is 14.4. The quantitative estimate of drug-likeness (QED) is 0.732. The van der Waals surface area contributed by atoms with Crippen molar-refractivity contribution in [2.45, 2.75) is 31.6 Å². The van der Waals surface area contributed by atoms with E-state index in [1.54, 1.807) is 19.1 Å². The summed E-state index contributed by atoms with van der Waals surface area (Å²) >= 11 is 0. The number of amides is 1. The Morgan fingerprint density at radius 3 is 2.57 bits per heavy atom. The molecule has 2 aromatic rings. The minimum absolute atomic E-state index is 0.151. The van der Waals surface area contributed by atoms with Gasteiger partial charge in [-0.25, -0.2) is 8.42 Å². The van der Waals surface area contributed by atoms with Gasteiger partial charge in [-0.05, 0) is 56.2 Å². The predicted molar refractivity (Wildman–Crippen MR) is 117 cm³/mol. The second-order valence-electron chi connectivity index (χ2n) is 7.69. The smallest absolute Gasteiger partial charge is 0.241 e. The lowest BCUT2D eigenvalue weighted by Crippen LogP contribution is -2.62. The van der Waals surface area contributed by atoms with E-state index in [0.29, 0.717) is 31.9 Å². The molecule has 0 unspecified atom stereocenters. The third-order valence-corrected chi connectivity index (χ3v) is 7.94. The average Bonchev–Trinajstić information content (AvgIpc) is 3.13. The van der Waals surface area contributed by atoms with E-state index in [9.17, 15) is 13.2 Å². The van der Waals surface area contributed by atoms with Crippen LogP contribution in [0.25, 0.3) is 0 Å². The lowest BCUT2D eigenvalue weighted by Gasteiger charge is -2.43. The van der Waals surface area contributed by atoms with Crippen LogP contribution in [0.5, 0.6) is 5.75 Å². The lowest BCUT2D eigenvalue weighted by molar-refractivity contribution is -0.121. The summed E-state index contributed by atoms with van der Waals surface area (Å²) in [6.07, 6.45) is 0.743. The molecule has 0 aromatic heterocycles. The van der Waals surface area contributed by atoms with Gasteiger partial charge in [-0.2, -0.15) is 0 Å². The van der Waals surface area contributed by atoms with Gasteiger partial charge in [-0.15, -0.1) is 0 Å². The van der Waals surface area contributed by atoms with E-state index in [4.69, 9.17) is 4.74 Å². The van der Waals surface area contributed by atoms with Gasteiger partial charge in [-0.3, -0.25) is 14.0 Å². The number of ether oxygens (including phenoxy) is 1. The minimum Gasteiger partial charge on any atom is -0.494 e. The van der Waals surface area contributed by atoms with Crippen LogP contribution >= 0.6 is 0 Å². The van der Waals surface area contributed by atoms with Crippen LogP contribution in [0, 0.1) is 0 Å². The van der Waals surface area contributed by atoms with Crippen molar-refractivity contribution in [3.63, 3.8) is 0 Å². The highest BCUT2D eigenvalue weighted by atomic mass is 32.2. The van der Waals surface area contributed by atoms with E-state index in [2.05, 4.69) is 5.32 Å². The molecule has 0 bridgehead atoms. The molecule has 0 spiro atoms. The Hall–Kier alpha value is -2.58. The summed E-state index contributed by atoms with van der Waals surface area (Å²) in [5.74, 6) is 0.601. The summed E-state index contributed by atoms with van der Waals surface area (Å²) in [4.78, 5) is 14.5. The Balaban J connectivity index is 1.34. The number of anilines is 2. The Kier molecular flexibility index (Phi) is 5.71. The van der Waals surface area contributed by atoms with Gasteiger partial charge in [0, 0.05) is 25.3 Å². The third kappa shape index (κ3) is 3.89.